The summed E-state index contributed by atoms with van der Waals surface area (Å²) in [6, 6.07) is 37.3. The van der Waals surface area contributed by atoms with Gasteiger partial charge in [-0.2, -0.15) is 5.26 Å². The largest absolute Gasteiger partial charge is 0.490 e. The lowest BCUT2D eigenvalue weighted by atomic mass is 9.85. The van der Waals surface area contributed by atoms with Gasteiger partial charge in [0.1, 0.15) is 46.4 Å². The third-order valence-electron chi connectivity index (χ3n) is 18.7. The van der Waals surface area contributed by atoms with Crippen molar-refractivity contribution in [2.24, 2.45) is 17.2 Å². The van der Waals surface area contributed by atoms with Crippen LogP contribution in [0.4, 0.5) is 4.39 Å². The number of nitrogens with two attached hydrogens (primary N) is 3. The van der Waals surface area contributed by atoms with Crippen molar-refractivity contribution in [3.63, 3.8) is 0 Å². The van der Waals surface area contributed by atoms with E-state index in [1.54, 1.807) is 87.0 Å². The van der Waals surface area contributed by atoms with E-state index in [1.165, 1.54) is 12.1 Å². The number of rotatable bonds is 34. The number of nitrogens with zero attached hydrogens (tertiary/aromatic N) is 7. The molecule has 0 bridgehead atoms. The van der Waals surface area contributed by atoms with Crippen molar-refractivity contribution in [3.8, 4) is 57.1 Å². The molecular weight excluding hydrogens is 1570 g/mol. The molecule has 10 aromatic rings. The zero-order chi connectivity index (χ0) is 84.3. The summed E-state index contributed by atoms with van der Waals surface area (Å²) in [6.45, 7) is 24.9. The van der Waals surface area contributed by atoms with Crippen LogP contribution in [0.1, 0.15) is 197 Å². The second kappa shape index (κ2) is 40.7. The van der Waals surface area contributed by atoms with E-state index in [4.69, 9.17) is 64.6 Å². The third kappa shape index (κ3) is 23.8. The molecule has 4 aromatic heterocycles. The minimum absolute atomic E-state index is 0.0726. The average molecular weight is 1680 g/mol. The Balaban J connectivity index is 0.000000216. The van der Waals surface area contributed by atoms with Crippen molar-refractivity contribution in [1.82, 2.24) is 44.4 Å². The van der Waals surface area contributed by atoms with E-state index >= 15 is 4.39 Å². The fraction of sp³-hybridized carbons (Fsp3) is 0.368. The van der Waals surface area contributed by atoms with Gasteiger partial charge in [0.15, 0.2) is 5.65 Å². The van der Waals surface area contributed by atoms with Gasteiger partial charge in [-0.1, -0.05) is 77.8 Å². The van der Waals surface area contributed by atoms with Crippen LogP contribution in [-0.2, 0) is 47.5 Å². The highest BCUT2D eigenvalue weighted by Gasteiger charge is 2.30. The number of carbonyl (C=O) groups is 5. The zero-order valence-corrected chi connectivity index (χ0v) is 70.1. The second-order valence-electron chi connectivity index (χ2n) is 29.9. The van der Waals surface area contributed by atoms with Gasteiger partial charge in [-0.25, -0.2) is 19.3 Å². The number of imidazole rings is 3. The van der Waals surface area contributed by atoms with Crippen molar-refractivity contribution in [1.29, 1.82) is 5.26 Å². The van der Waals surface area contributed by atoms with Gasteiger partial charge < -0.3 is 76.2 Å². The van der Waals surface area contributed by atoms with E-state index < -0.39 is 40.7 Å². The van der Waals surface area contributed by atoms with Crippen LogP contribution in [0.5, 0.6) is 17.2 Å². The molecule has 0 spiro atoms. The van der Waals surface area contributed by atoms with E-state index in [1.807, 2.05) is 151 Å². The maximum atomic E-state index is 15.3. The molecule has 4 heterocycles. The smallest absolute Gasteiger partial charge is 0.251 e. The van der Waals surface area contributed by atoms with Crippen LogP contribution in [0.3, 0.4) is 0 Å². The lowest BCUT2D eigenvalue weighted by molar-refractivity contribution is -0.125. The molecule has 4 unspecified atom stereocenters. The van der Waals surface area contributed by atoms with Gasteiger partial charge in [-0.15, -0.1) is 0 Å². The fourth-order valence-corrected chi connectivity index (χ4v) is 14.4. The lowest BCUT2D eigenvalue weighted by Crippen LogP contribution is -2.53. The first-order valence-corrected chi connectivity index (χ1v) is 39.6. The lowest BCUT2D eigenvalue weighted by Gasteiger charge is -2.23. The van der Waals surface area contributed by atoms with E-state index in [2.05, 4.69) is 42.9 Å². The molecular formula is C87H103BrCl2FN13O11. The number of aliphatic hydroxyl groups excluding tert-OH is 2. The van der Waals surface area contributed by atoms with Gasteiger partial charge in [-0.05, 0) is 244 Å². The first-order valence-electron chi connectivity index (χ1n) is 38.1. The Morgan fingerprint density at radius 2 is 1.17 bits per heavy atom. The molecule has 0 radical (unpaired) electrons. The number of aryl methyl sites for hydroxylation is 2. The molecule has 24 nitrogen and oxygen atoms in total. The Morgan fingerprint density at radius 1 is 0.661 bits per heavy atom. The predicted octanol–water partition coefficient (Wildman–Crippen LogP) is 14.4. The minimum Gasteiger partial charge on any atom is -0.490 e. The minimum atomic E-state index is -1.17. The number of hydrogen-bond acceptors (Lipinski definition) is 16. The van der Waals surface area contributed by atoms with Gasteiger partial charge in [0.2, 0.25) is 24.1 Å². The molecule has 0 saturated heterocycles. The Bertz CT molecular complexity index is 5080. The molecule has 0 aliphatic heterocycles. The van der Waals surface area contributed by atoms with Crippen molar-refractivity contribution < 1.29 is 57.9 Å². The van der Waals surface area contributed by atoms with Gasteiger partial charge in [0, 0.05) is 91.0 Å². The first-order chi connectivity index (χ1) is 54.5. The number of aliphatic hydroxyl groups is 3. The molecule has 0 aliphatic rings. The van der Waals surface area contributed by atoms with Crippen LogP contribution in [0, 0.1) is 17.1 Å². The average Bonchev–Trinajstić information content (AvgIpc) is 1.76. The fourth-order valence-electron chi connectivity index (χ4n) is 13.2. The molecule has 28 heteroatoms. The standard InChI is InChI=1S/C31H33BrN6O3.C28H35ClFN3O4.C28H35ClN4O4/c1-19(2)41-27-12-11-22(15-23(27)16-33)29(39)36-24(17-35-30(40)31(3,4)34)14-20-7-9-21(10-8-20)26-18-38-13-5-6-25(32)28(38)37-26;1-6-33-15-22(32-27(33)28(4,5)36)19-8-7-17(14-21(19)30)13-18(11-12-34)24-20(26(31)35)9-10-23(25(24)29)37-16(2)3;1-5-33-15-23(32-28(33)18(4)31-16-35)20-8-6-19(7-9-20)14-21(12-13-34)25-22(27(30)36)10-11-24(26(25)29)37-17(2)3/h5-13,15,18-19,24H,14,17,34H2,1-4H3,(H,35,40)(H,36,39);7-10,14-16,18,34,36H,6,11-13H2,1-5H3,(H2,31,35);6-11,15-18,21,34H,5,12-14H2,1-4H3,(H2,30,36)(H,31,35). The zero-order valence-electron chi connectivity index (χ0n) is 67.0. The SMILES string of the molecule is CC(C)Oc1ccc(C(=O)NC(CNC(=O)C(C)(C)N)Cc2ccc(-c3cn4cccc(Br)c4n3)cc2)cc1C#N.CCn1cc(-c2ccc(CC(CCO)c3c(C(N)=O)ccc(OC(C)C)c3Cl)cc2)nc1C(C)NC=O.CCn1cc(-c2ccc(CC(CCO)c3c(C(N)=O)ccc(OC(C)C)c3Cl)cc2F)nc1C(C)(C)O. The summed E-state index contributed by atoms with van der Waals surface area (Å²) in [6.07, 6.45) is 9.92. The van der Waals surface area contributed by atoms with Crippen LogP contribution in [0.15, 0.2) is 151 Å². The third-order valence-corrected chi connectivity index (χ3v) is 20.1. The van der Waals surface area contributed by atoms with Crippen molar-refractivity contribution in [2.75, 3.05) is 19.8 Å². The van der Waals surface area contributed by atoms with Crippen molar-refractivity contribution in [3.05, 3.63) is 228 Å². The summed E-state index contributed by atoms with van der Waals surface area (Å²) in [4.78, 5) is 75.0. The Kier molecular flexibility index (Phi) is 31.8. The number of carbonyl (C=O) groups excluding carboxylic acids is 5. The summed E-state index contributed by atoms with van der Waals surface area (Å²) >= 11 is 17.0. The van der Waals surface area contributed by atoms with E-state index in [9.17, 15) is 44.6 Å². The van der Waals surface area contributed by atoms with E-state index in [0.29, 0.717) is 106 Å². The molecule has 12 N–H and O–H groups in total. The summed E-state index contributed by atoms with van der Waals surface area (Å²) in [5, 5.41) is 48.8. The van der Waals surface area contributed by atoms with Crippen LogP contribution < -0.4 is 47.4 Å². The number of benzene rings is 6. The molecule has 6 aromatic carbocycles. The maximum absolute atomic E-state index is 15.3. The number of amides is 5. The van der Waals surface area contributed by atoms with E-state index in [-0.39, 0.29) is 84.4 Å². The number of hydrogen-bond donors (Lipinski definition) is 9. The highest BCUT2D eigenvalue weighted by atomic mass is 79.9. The van der Waals surface area contributed by atoms with Crippen LogP contribution in [0.2, 0.25) is 10.0 Å². The number of primary amides is 2. The van der Waals surface area contributed by atoms with Gasteiger partial charge in [0.25, 0.3) is 5.91 Å². The number of aromatic nitrogens is 6. The molecule has 5 amide bonds. The normalized spacial score (nSPS) is 12.5. The summed E-state index contributed by atoms with van der Waals surface area (Å²) in [5.41, 5.74) is 25.0. The molecule has 115 heavy (non-hydrogen) atoms. The van der Waals surface area contributed by atoms with Crippen LogP contribution in [0.25, 0.3) is 39.4 Å². The number of nitrogens with one attached hydrogen (secondary N) is 3. The quantitative estimate of drug-likeness (QED) is 0.0169. The molecule has 0 saturated carbocycles. The van der Waals surface area contributed by atoms with Crippen LogP contribution in [-0.4, -0.2) is 123 Å². The topological polar surface area (TPSA) is 365 Å². The molecule has 0 aliphatic carbocycles. The number of halogens is 4. The summed E-state index contributed by atoms with van der Waals surface area (Å²) in [7, 11) is 0. The monoisotopic (exact) mass is 1670 g/mol. The summed E-state index contributed by atoms with van der Waals surface area (Å²) < 4.78 is 39.3. The van der Waals surface area contributed by atoms with Gasteiger partial charge >= 0.3 is 0 Å². The number of nitriles is 1. The molecule has 10 rings (SSSR count). The van der Waals surface area contributed by atoms with Crippen LogP contribution >= 0.6 is 39.1 Å². The number of ether oxygens (including phenoxy) is 3. The van der Waals surface area contributed by atoms with Crippen molar-refractivity contribution >= 4 is 74.8 Å². The highest BCUT2D eigenvalue weighted by Crippen LogP contribution is 2.42. The molecule has 0 fully saturated rings. The highest BCUT2D eigenvalue weighted by molar-refractivity contribution is 9.10. The maximum Gasteiger partial charge on any atom is 0.251 e. The molecule has 610 valence electrons. The predicted molar refractivity (Wildman–Crippen MR) is 449 cm³/mol. The van der Waals surface area contributed by atoms with Gasteiger partial charge in [-0.3, -0.25) is 24.0 Å². The van der Waals surface area contributed by atoms with E-state index in [0.717, 1.165) is 56.1 Å². The first kappa shape index (κ1) is 90.0. The Labute approximate surface area is 689 Å². The molecule has 4 atom stereocenters. The Morgan fingerprint density at radius 3 is 1.63 bits per heavy atom. The van der Waals surface area contributed by atoms with Crippen molar-refractivity contribution in [2.45, 2.75) is 189 Å². The number of fused-ring (bicyclic) bond motifs is 1. The number of pyridine rings is 1. The Hall–Kier alpha value is -10.5. The summed E-state index contributed by atoms with van der Waals surface area (Å²) in [5.74, 6) is -0.494. The second-order valence-corrected chi connectivity index (χ2v) is 31.5. The van der Waals surface area contributed by atoms with Gasteiger partial charge in [0.05, 0.1) is 73.1 Å².